The molecule has 2 aliphatic rings. The first kappa shape index (κ1) is 19.9. The molecule has 3 heterocycles. The van der Waals surface area contributed by atoms with Crippen LogP contribution in [0.3, 0.4) is 0 Å². The molecule has 0 bridgehead atoms. The van der Waals surface area contributed by atoms with Crippen molar-refractivity contribution in [1.29, 1.82) is 0 Å². The third-order valence-electron chi connectivity index (χ3n) is 5.79. The van der Waals surface area contributed by atoms with E-state index in [1.807, 2.05) is 6.07 Å². The number of nitrogens with zero attached hydrogens (tertiary/aromatic N) is 5. The Balaban J connectivity index is 1.41. The van der Waals surface area contributed by atoms with Gasteiger partial charge in [-0.3, -0.25) is 4.79 Å². The number of nitrogens with one attached hydrogen (secondary N) is 1. The second-order valence-corrected chi connectivity index (χ2v) is 7.80. The van der Waals surface area contributed by atoms with E-state index in [0.717, 1.165) is 83.1 Å². The molecular formula is C20H34N6O. The molecule has 1 amide bonds. The number of hydrogen-bond acceptors (Lipinski definition) is 6. The number of hydrogen-bond donors (Lipinski definition) is 1. The zero-order valence-electron chi connectivity index (χ0n) is 16.9. The van der Waals surface area contributed by atoms with Crippen LogP contribution in [0.4, 0.5) is 11.6 Å². The smallest absolute Gasteiger partial charge is 0.222 e. The zero-order valence-corrected chi connectivity index (χ0v) is 16.9. The highest BCUT2D eigenvalue weighted by Crippen LogP contribution is 2.26. The SMILES string of the molecule is CCNc1cc(N2CCC(CCC(=O)N3CCCN(C)CC3)CC2)ncn1. The normalized spacial score (nSPS) is 19.8. The van der Waals surface area contributed by atoms with Gasteiger partial charge in [-0.25, -0.2) is 9.97 Å². The van der Waals surface area contributed by atoms with Gasteiger partial charge >= 0.3 is 0 Å². The molecule has 2 saturated heterocycles. The number of anilines is 2. The summed E-state index contributed by atoms with van der Waals surface area (Å²) in [6, 6.07) is 2.03. The maximum absolute atomic E-state index is 12.6. The molecule has 0 atom stereocenters. The third kappa shape index (κ3) is 5.79. The second kappa shape index (κ2) is 9.88. The highest BCUT2D eigenvalue weighted by atomic mass is 16.2. The van der Waals surface area contributed by atoms with Crippen molar-refractivity contribution >= 4 is 17.5 Å². The van der Waals surface area contributed by atoms with Crippen LogP contribution < -0.4 is 10.2 Å². The van der Waals surface area contributed by atoms with E-state index >= 15 is 0 Å². The van der Waals surface area contributed by atoms with Crippen molar-refractivity contribution in [3.05, 3.63) is 12.4 Å². The van der Waals surface area contributed by atoms with Crippen LogP contribution in [-0.4, -0.2) is 78.5 Å². The fraction of sp³-hybridized carbons (Fsp3) is 0.750. The molecule has 2 fully saturated rings. The number of piperidine rings is 1. The van der Waals surface area contributed by atoms with Crippen molar-refractivity contribution in [2.75, 3.05) is 63.1 Å². The van der Waals surface area contributed by atoms with Gasteiger partial charge in [0, 0.05) is 51.8 Å². The molecule has 0 aromatic carbocycles. The van der Waals surface area contributed by atoms with Crippen LogP contribution >= 0.6 is 0 Å². The Morgan fingerprint density at radius 2 is 1.96 bits per heavy atom. The molecule has 0 spiro atoms. The van der Waals surface area contributed by atoms with Gasteiger partial charge in [0.15, 0.2) is 0 Å². The van der Waals surface area contributed by atoms with E-state index in [2.05, 4.69) is 44.0 Å². The van der Waals surface area contributed by atoms with E-state index in [9.17, 15) is 4.79 Å². The number of likely N-dealkylation sites (N-methyl/N-ethyl adjacent to an activating group) is 1. The molecular weight excluding hydrogens is 340 g/mol. The summed E-state index contributed by atoms with van der Waals surface area (Å²) in [5, 5.41) is 3.24. The molecule has 1 N–H and O–H groups in total. The average molecular weight is 375 g/mol. The predicted octanol–water partition coefficient (Wildman–Crippen LogP) is 2.07. The standard InChI is InChI=1S/C20H34N6O/c1-3-21-18-15-19(23-16-22-18)25-11-7-17(8-12-25)5-6-20(27)26-10-4-9-24(2)13-14-26/h15-17H,3-14H2,1-2H3,(H,21,22,23). The van der Waals surface area contributed by atoms with Crippen LogP contribution in [0.5, 0.6) is 0 Å². The lowest BCUT2D eigenvalue weighted by Gasteiger charge is -2.33. The van der Waals surface area contributed by atoms with Gasteiger partial charge in [-0.15, -0.1) is 0 Å². The summed E-state index contributed by atoms with van der Waals surface area (Å²) >= 11 is 0. The predicted molar refractivity (Wildman–Crippen MR) is 109 cm³/mol. The molecule has 3 rings (SSSR count). The molecule has 7 nitrogen and oxygen atoms in total. The van der Waals surface area contributed by atoms with Crippen LogP contribution in [0.25, 0.3) is 0 Å². The van der Waals surface area contributed by atoms with E-state index in [1.165, 1.54) is 0 Å². The molecule has 150 valence electrons. The lowest BCUT2D eigenvalue weighted by molar-refractivity contribution is -0.131. The van der Waals surface area contributed by atoms with E-state index in [-0.39, 0.29) is 0 Å². The zero-order chi connectivity index (χ0) is 19.1. The van der Waals surface area contributed by atoms with Crippen molar-refractivity contribution in [1.82, 2.24) is 19.8 Å². The summed E-state index contributed by atoms with van der Waals surface area (Å²) in [6.07, 6.45) is 6.72. The van der Waals surface area contributed by atoms with Gasteiger partial charge in [0.2, 0.25) is 5.91 Å². The second-order valence-electron chi connectivity index (χ2n) is 7.80. The molecule has 0 unspecified atom stereocenters. The third-order valence-corrected chi connectivity index (χ3v) is 5.79. The quantitative estimate of drug-likeness (QED) is 0.822. The summed E-state index contributed by atoms with van der Waals surface area (Å²) < 4.78 is 0. The van der Waals surface area contributed by atoms with Gasteiger partial charge in [-0.05, 0) is 52.1 Å². The van der Waals surface area contributed by atoms with Crippen LogP contribution in [0.2, 0.25) is 0 Å². The Kier molecular flexibility index (Phi) is 7.26. The minimum Gasteiger partial charge on any atom is -0.370 e. The fourth-order valence-electron chi connectivity index (χ4n) is 4.03. The van der Waals surface area contributed by atoms with E-state index in [0.29, 0.717) is 18.2 Å². The molecule has 7 heteroatoms. The molecule has 1 aromatic heterocycles. The Labute approximate surface area is 163 Å². The summed E-state index contributed by atoms with van der Waals surface area (Å²) in [5.74, 6) is 2.89. The van der Waals surface area contributed by atoms with Gasteiger partial charge in [0.25, 0.3) is 0 Å². The lowest BCUT2D eigenvalue weighted by Crippen LogP contribution is -2.36. The Morgan fingerprint density at radius 3 is 2.74 bits per heavy atom. The lowest BCUT2D eigenvalue weighted by atomic mass is 9.92. The summed E-state index contributed by atoms with van der Waals surface area (Å²) in [7, 11) is 2.14. The van der Waals surface area contributed by atoms with Crippen molar-refractivity contribution in [3.8, 4) is 0 Å². The molecule has 0 aliphatic carbocycles. The van der Waals surface area contributed by atoms with Gasteiger partial charge in [0.05, 0.1) is 0 Å². The van der Waals surface area contributed by atoms with Crippen LogP contribution in [0.15, 0.2) is 12.4 Å². The largest absolute Gasteiger partial charge is 0.370 e. The summed E-state index contributed by atoms with van der Waals surface area (Å²) in [6.45, 7) is 8.85. The number of rotatable bonds is 6. The fourth-order valence-corrected chi connectivity index (χ4v) is 4.03. The Hall–Kier alpha value is -1.89. The van der Waals surface area contributed by atoms with Crippen molar-refractivity contribution in [2.24, 2.45) is 5.92 Å². The number of aromatic nitrogens is 2. The van der Waals surface area contributed by atoms with Gasteiger partial charge in [-0.2, -0.15) is 0 Å². The van der Waals surface area contributed by atoms with Crippen molar-refractivity contribution in [2.45, 2.75) is 39.0 Å². The van der Waals surface area contributed by atoms with Crippen LogP contribution in [0, 0.1) is 5.92 Å². The van der Waals surface area contributed by atoms with Crippen LogP contribution in [-0.2, 0) is 4.79 Å². The van der Waals surface area contributed by atoms with Gasteiger partial charge in [-0.1, -0.05) is 0 Å². The van der Waals surface area contributed by atoms with E-state index in [4.69, 9.17) is 0 Å². The maximum atomic E-state index is 12.6. The van der Waals surface area contributed by atoms with E-state index < -0.39 is 0 Å². The average Bonchev–Trinajstić information content (AvgIpc) is 2.91. The highest BCUT2D eigenvalue weighted by Gasteiger charge is 2.23. The van der Waals surface area contributed by atoms with Gasteiger partial charge in [0.1, 0.15) is 18.0 Å². The number of carbonyl (C=O) groups excluding carboxylic acids is 1. The van der Waals surface area contributed by atoms with E-state index in [1.54, 1.807) is 6.33 Å². The molecule has 1 aromatic rings. The minimum atomic E-state index is 0.346. The molecule has 0 radical (unpaired) electrons. The summed E-state index contributed by atoms with van der Waals surface area (Å²) in [4.78, 5) is 28.0. The molecule has 27 heavy (non-hydrogen) atoms. The highest BCUT2D eigenvalue weighted by molar-refractivity contribution is 5.76. The monoisotopic (exact) mass is 374 g/mol. The maximum Gasteiger partial charge on any atom is 0.222 e. The molecule has 2 aliphatic heterocycles. The minimum absolute atomic E-state index is 0.346. The van der Waals surface area contributed by atoms with Crippen molar-refractivity contribution in [3.63, 3.8) is 0 Å². The first-order valence-electron chi connectivity index (χ1n) is 10.4. The first-order chi connectivity index (χ1) is 13.2. The first-order valence-corrected chi connectivity index (χ1v) is 10.4. The number of amides is 1. The Morgan fingerprint density at radius 1 is 1.15 bits per heavy atom. The Bertz CT molecular complexity index is 602. The van der Waals surface area contributed by atoms with Gasteiger partial charge < -0.3 is 20.0 Å². The molecule has 0 saturated carbocycles. The van der Waals surface area contributed by atoms with Crippen LogP contribution in [0.1, 0.15) is 39.0 Å². The van der Waals surface area contributed by atoms with Crippen molar-refractivity contribution < 1.29 is 4.79 Å². The summed E-state index contributed by atoms with van der Waals surface area (Å²) in [5.41, 5.74) is 0. The topological polar surface area (TPSA) is 64.6 Å². The number of carbonyl (C=O) groups is 1.